The topological polar surface area (TPSA) is 38.9 Å². The lowest BCUT2D eigenvalue weighted by Crippen LogP contribution is -1.96. The van der Waals surface area contributed by atoms with E-state index in [2.05, 4.69) is 11.1 Å². The zero-order valence-corrected chi connectivity index (χ0v) is 7.16. The average molecular weight is 162 g/mol. The first-order valence-corrected chi connectivity index (χ1v) is 4.58. The van der Waals surface area contributed by atoms with Crippen LogP contribution in [0.2, 0.25) is 0 Å². The minimum absolute atomic E-state index is 0.700. The molecule has 1 heterocycles. The van der Waals surface area contributed by atoms with Gasteiger partial charge in [0, 0.05) is 11.6 Å². The number of anilines is 1. The van der Waals surface area contributed by atoms with E-state index in [1.807, 2.05) is 6.07 Å². The van der Waals surface area contributed by atoms with Gasteiger partial charge in [-0.25, -0.2) is 0 Å². The molecule has 2 nitrogen and oxygen atoms in total. The Labute approximate surface area is 72.8 Å². The van der Waals surface area contributed by atoms with Crippen molar-refractivity contribution in [2.45, 2.75) is 31.6 Å². The molecular weight excluding hydrogens is 148 g/mol. The van der Waals surface area contributed by atoms with Crippen molar-refractivity contribution >= 4 is 5.69 Å². The van der Waals surface area contributed by atoms with Crippen LogP contribution in [0.5, 0.6) is 0 Å². The SMILES string of the molecule is Nc1ccc(C2CCCC2)nc1. The number of nitrogens with two attached hydrogens (primary N) is 1. The van der Waals surface area contributed by atoms with Gasteiger partial charge in [0.25, 0.3) is 0 Å². The highest BCUT2D eigenvalue weighted by molar-refractivity contribution is 5.35. The first-order chi connectivity index (χ1) is 5.86. The molecule has 64 valence electrons. The van der Waals surface area contributed by atoms with Gasteiger partial charge in [0.1, 0.15) is 0 Å². The summed E-state index contributed by atoms with van der Waals surface area (Å²) in [4.78, 5) is 4.34. The molecule has 2 heteroatoms. The van der Waals surface area contributed by atoms with Crippen molar-refractivity contribution < 1.29 is 0 Å². The average Bonchev–Trinajstić information content (AvgIpc) is 2.58. The summed E-state index contributed by atoms with van der Waals surface area (Å²) in [7, 11) is 0. The molecule has 12 heavy (non-hydrogen) atoms. The zero-order chi connectivity index (χ0) is 8.39. The van der Waals surface area contributed by atoms with Crippen molar-refractivity contribution in [2.75, 3.05) is 5.73 Å². The molecule has 0 amide bonds. The monoisotopic (exact) mass is 162 g/mol. The second-order valence-electron chi connectivity index (χ2n) is 3.50. The predicted octanol–water partition coefficient (Wildman–Crippen LogP) is 2.32. The van der Waals surface area contributed by atoms with E-state index in [4.69, 9.17) is 5.73 Å². The molecule has 1 aromatic heterocycles. The van der Waals surface area contributed by atoms with Crippen LogP contribution in [-0.2, 0) is 0 Å². The maximum atomic E-state index is 5.56. The van der Waals surface area contributed by atoms with Crippen molar-refractivity contribution in [3.8, 4) is 0 Å². The summed E-state index contributed by atoms with van der Waals surface area (Å²) in [5.74, 6) is 0.700. The maximum absolute atomic E-state index is 5.56. The molecule has 2 rings (SSSR count). The number of hydrogen-bond acceptors (Lipinski definition) is 2. The minimum atomic E-state index is 0.700. The van der Waals surface area contributed by atoms with Crippen LogP contribution in [0.3, 0.4) is 0 Å². The quantitative estimate of drug-likeness (QED) is 0.688. The van der Waals surface area contributed by atoms with Crippen LogP contribution in [0.25, 0.3) is 0 Å². The van der Waals surface area contributed by atoms with Gasteiger partial charge in [0.05, 0.1) is 11.9 Å². The van der Waals surface area contributed by atoms with Crippen LogP contribution in [-0.4, -0.2) is 4.98 Å². The van der Waals surface area contributed by atoms with Crippen molar-refractivity contribution in [3.05, 3.63) is 24.0 Å². The Balaban J connectivity index is 2.17. The van der Waals surface area contributed by atoms with Crippen LogP contribution in [0.15, 0.2) is 18.3 Å². The highest BCUT2D eigenvalue weighted by Gasteiger charge is 2.17. The molecule has 0 aromatic carbocycles. The lowest BCUT2D eigenvalue weighted by atomic mass is 10.0. The molecule has 0 atom stereocenters. The second kappa shape index (κ2) is 3.13. The fourth-order valence-corrected chi connectivity index (χ4v) is 1.88. The summed E-state index contributed by atoms with van der Waals surface area (Å²) >= 11 is 0. The highest BCUT2D eigenvalue weighted by atomic mass is 14.7. The third kappa shape index (κ3) is 1.42. The van der Waals surface area contributed by atoms with E-state index in [-0.39, 0.29) is 0 Å². The molecule has 0 bridgehead atoms. The summed E-state index contributed by atoms with van der Waals surface area (Å²) in [5, 5.41) is 0. The first kappa shape index (κ1) is 7.59. The van der Waals surface area contributed by atoms with Crippen LogP contribution < -0.4 is 5.73 Å². The third-order valence-electron chi connectivity index (χ3n) is 2.58. The predicted molar refractivity (Wildman–Crippen MR) is 49.9 cm³/mol. The lowest BCUT2D eigenvalue weighted by Gasteiger charge is -2.07. The van der Waals surface area contributed by atoms with Crippen molar-refractivity contribution in [1.29, 1.82) is 0 Å². The molecule has 0 aliphatic heterocycles. The number of nitrogen functional groups attached to an aromatic ring is 1. The van der Waals surface area contributed by atoms with Gasteiger partial charge >= 0.3 is 0 Å². The Morgan fingerprint density at radius 2 is 2.00 bits per heavy atom. The molecule has 0 spiro atoms. The van der Waals surface area contributed by atoms with E-state index >= 15 is 0 Å². The molecule has 2 N–H and O–H groups in total. The van der Waals surface area contributed by atoms with E-state index in [9.17, 15) is 0 Å². The summed E-state index contributed by atoms with van der Waals surface area (Å²) in [6, 6.07) is 4.01. The van der Waals surface area contributed by atoms with Gasteiger partial charge in [-0.05, 0) is 25.0 Å². The Morgan fingerprint density at radius 1 is 1.25 bits per heavy atom. The molecule has 1 saturated carbocycles. The number of pyridine rings is 1. The fraction of sp³-hybridized carbons (Fsp3) is 0.500. The molecule has 0 saturated heterocycles. The largest absolute Gasteiger partial charge is 0.397 e. The molecule has 1 aromatic rings. The first-order valence-electron chi connectivity index (χ1n) is 4.58. The van der Waals surface area contributed by atoms with Crippen LogP contribution in [0, 0.1) is 0 Å². The van der Waals surface area contributed by atoms with Gasteiger partial charge in [-0.1, -0.05) is 12.8 Å². The summed E-state index contributed by atoms with van der Waals surface area (Å²) in [5.41, 5.74) is 7.55. The van der Waals surface area contributed by atoms with Gasteiger partial charge in [0.15, 0.2) is 0 Å². The van der Waals surface area contributed by atoms with E-state index in [1.54, 1.807) is 6.20 Å². The number of nitrogens with zero attached hydrogens (tertiary/aromatic N) is 1. The van der Waals surface area contributed by atoms with Gasteiger partial charge < -0.3 is 5.73 Å². The van der Waals surface area contributed by atoms with Crippen LogP contribution >= 0.6 is 0 Å². The Kier molecular flexibility index (Phi) is 1.98. The lowest BCUT2D eigenvalue weighted by molar-refractivity contribution is 0.698. The number of rotatable bonds is 1. The van der Waals surface area contributed by atoms with Crippen LogP contribution in [0.4, 0.5) is 5.69 Å². The molecule has 0 radical (unpaired) electrons. The Morgan fingerprint density at radius 3 is 2.58 bits per heavy atom. The van der Waals surface area contributed by atoms with E-state index in [1.165, 1.54) is 31.4 Å². The third-order valence-corrected chi connectivity index (χ3v) is 2.58. The van der Waals surface area contributed by atoms with E-state index < -0.39 is 0 Å². The molecular formula is C10H14N2. The van der Waals surface area contributed by atoms with Crippen molar-refractivity contribution in [3.63, 3.8) is 0 Å². The van der Waals surface area contributed by atoms with Crippen LogP contribution in [0.1, 0.15) is 37.3 Å². The standard InChI is InChI=1S/C10H14N2/c11-9-5-6-10(12-7-9)8-3-1-2-4-8/h5-8H,1-4,11H2. The molecule has 1 fully saturated rings. The number of aromatic nitrogens is 1. The molecule has 1 aliphatic carbocycles. The zero-order valence-electron chi connectivity index (χ0n) is 7.16. The minimum Gasteiger partial charge on any atom is -0.397 e. The summed E-state index contributed by atoms with van der Waals surface area (Å²) in [6.07, 6.45) is 7.08. The number of hydrogen-bond donors (Lipinski definition) is 1. The Bertz CT molecular complexity index is 247. The van der Waals surface area contributed by atoms with Crippen molar-refractivity contribution in [2.24, 2.45) is 0 Å². The summed E-state index contributed by atoms with van der Waals surface area (Å²) < 4.78 is 0. The van der Waals surface area contributed by atoms with E-state index in [0.29, 0.717) is 5.92 Å². The Hall–Kier alpha value is -1.05. The van der Waals surface area contributed by atoms with E-state index in [0.717, 1.165) is 5.69 Å². The summed E-state index contributed by atoms with van der Waals surface area (Å²) in [6.45, 7) is 0. The van der Waals surface area contributed by atoms with Gasteiger partial charge in [-0.3, -0.25) is 4.98 Å². The maximum Gasteiger partial charge on any atom is 0.0501 e. The van der Waals surface area contributed by atoms with Gasteiger partial charge in [-0.2, -0.15) is 0 Å². The fourth-order valence-electron chi connectivity index (χ4n) is 1.88. The van der Waals surface area contributed by atoms with Crippen molar-refractivity contribution in [1.82, 2.24) is 4.98 Å². The highest BCUT2D eigenvalue weighted by Crippen LogP contribution is 2.32. The van der Waals surface area contributed by atoms with Gasteiger partial charge in [-0.15, -0.1) is 0 Å². The smallest absolute Gasteiger partial charge is 0.0501 e. The van der Waals surface area contributed by atoms with Gasteiger partial charge in [0.2, 0.25) is 0 Å². The second-order valence-corrected chi connectivity index (χ2v) is 3.50. The normalized spacial score (nSPS) is 18.3. The molecule has 0 unspecified atom stereocenters. The molecule has 1 aliphatic rings.